The molecule has 2 aliphatic rings. The number of anilines is 1. The van der Waals surface area contributed by atoms with Crippen molar-refractivity contribution in [3.8, 4) is 0 Å². The first-order chi connectivity index (χ1) is 11.6. The number of fused-ring (bicyclic) bond motifs is 2. The lowest BCUT2D eigenvalue weighted by Gasteiger charge is -2.29. The van der Waals surface area contributed by atoms with Crippen molar-refractivity contribution >= 4 is 34.5 Å². The van der Waals surface area contributed by atoms with Crippen molar-refractivity contribution in [2.75, 3.05) is 5.23 Å². The molecule has 6 nitrogen and oxygen atoms in total. The van der Waals surface area contributed by atoms with Crippen LogP contribution in [0.4, 0.5) is 5.69 Å². The van der Waals surface area contributed by atoms with Gasteiger partial charge in [0.1, 0.15) is 0 Å². The van der Waals surface area contributed by atoms with Crippen LogP contribution in [0.1, 0.15) is 27.5 Å². The third-order valence-corrected chi connectivity index (χ3v) is 4.42. The molecule has 0 unspecified atom stereocenters. The lowest BCUT2D eigenvalue weighted by Crippen LogP contribution is -2.43. The molecule has 1 atom stereocenters. The summed E-state index contributed by atoms with van der Waals surface area (Å²) in [6.07, 6.45) is 0. The number of carbonyl (C=O) groups excluding carboxylic acids is 1. The fourth-order valence-corrected chi connectivity index (χ4v) is 3.33. The largest absolute Gasteiger partial charge is 0.733 e. The van der Waals surface area contributed by atoms with Gasteiger partial charge in [-0.1, -0.05) is 36.4 Å². The highest BCUT2D eigenvalue weighted by molar-refractivity contribution is 7.80. The summed E-state index contributed by atoms with van der Waals surface area (Å²) in [4.78, 5) is 12.8. The van der Waals surface area contributed by atoms with Gasteiger partial charge in [-0.05, 0) is 29.9 Å². The zero-order valence-electron chi connectivity index (χ0n) is 12.3. The Labute approximate surface area is 142 Å². The number of hydrogen-bond donors (Lipinski definition) is 3. The molecule has 0 saturated carbocycles. The normalized spacial score (nSPS) is 18.7. The van der Waals surface area contributed by atoms with E-state index >= 15 is 0 Å². The number of benzene rings is 2. The van der Waals surface area contributed by atoms with Crippen molar-refractivity contribution in [3.63, 3.8) is 0 Å². The molecule has 0 saturated heterocycles. The SMILES string of the molecule is O=C1C2=C(NC(=S)N[C@@H]2c2ccc(N([O-])O)cc2)c2ccccc21. The third-order valence-electron chi connectivity index (χ3n) is 4.20. The molecule has 0 spiro atoms. The second-order valence-corrected chi connectivity index (χ2v) is 5.97. The molecule has 24 heavy (non-hydrogen) atoms. The van der Waals surface area contributed by atoms with Gasteiger partial charge in [0.15, 0.2) is 10.9 Å². The number of nitrogens with one attached hydrogen (secondary N) is 2. The molecule has 0 aromatic heterocycles. The van der Waals surface area contributed by atoms with Gasteiger partial charge < -0.3 is 21.1 Å². The zero-order valence-corrected chi connectivity index (χ0v) is 13.1. The smallest absolute Gasteiger partial charge is 0.194 e. The van der Waals surface area contributed by atoms with Gasteiger partial charge in [0.25, 0.3) is 0 Å². The van der Waals surface area contributed by atoms with E-state index in [1.807, 2.05) is 18.2 Å². The Hall–Kier alpha value is -2.74. The standard InChI is InChI=1S/C17H12N3O3S/c21-16-12-4-2-1-3-11(12)15-13(16)14(18-17(24)19-15)9-5-7-10(8-6-9)20(22)23/h1-8,14,22H,(H2,18,19,24)/q-1/t14-/m1/s1. The molecule has 0 amide bonds. The molecule has 2 aromatic carbocycles. The summed E-state index contributed by atoms with van der Waals surface area (Å²) in [6, 6.07) is 13.3. The molecule has 0 bridgehead atoms. The predicted octanol–water partition coefficient (Wildman–Crippen LogP) is 2.51. The van der Waals surface area contributed by atoms with Crippen LogP contribution in [0.3, 0.4) is 0 Å². The van der Waals surface area contributed by atoms with Crippen molar-refractivity contribution in [1.29, 1.82) is 0 Å². The van der Waals surface area contributed by atoms with E-state index in [9.17, 15) is 10.0 Å². The molecule has 3 N–H and O–H groups in total. The van der Waals surface area contributed by atoms with Gasteiger partial charge in [0.2, 0.25) is 0 Å². The minimum absolute atomic E-state index is 0.0511. The fourth-order valence-electron chi connectivity index (χ4n) is 3.11. The summed E-state index contributed by atoms with van der Waals surface area (Å²) < 4.78 is 0. The Bertz CT molecular complexity index is 890. The Morgan fingerprint density at radius 1 is 1.08 bits per heavy atom. The van der Waals surface area contributed by atoms with Crippen LogP contribution in [-0.2, 0) is 0 Å². The van der Waals surface area contributed by atoms with Gasteiger partial charge in [0.05, 0.1) is 23.0 Å². The van der Waals surface area contributed by atoms with Crippen molar-refractivity contribution < 1.29 is 10.0 Å². The third kappa shape index (κ3) is 2.18. The van der Waals surface area contributed by atoms with Crippen LogP contribution in [0.2, 0.25) is 0 Å². The van der Waals surface area contributed by atoms with E-state index in [1.54, 1.807) is 18.2 Å². The van der Waals surface area contributed by atoms with Gasteiger partial charge in [0, 0.05) is 11.1 Å². The summed E-state index contributed by atoms with van der Waals surface area (Å²) in [7, 11) is 0. The van der Waals surface area contributed by atoms with Gasteiger partial charge in [-0.15, -0.1) is 0 Å². The number of rotatable bonds is 2. The second kappa shape index (κ2) is 5.41. The van der Waals surface area contributed by atoms with E-state index in [2.05, 4.69) is 10.6 Å². The topological polar surface area (TPSA) is 87.7 Å². The van der Waals surface area contributed by atoms with Crippen LogP contribution in [0.15, 0.2) is 54.1 Å². The molecule has 0 radical (unpaired) electrons. The lowest BCUT2D eigenvalue weighted by molar-refractivity contribution is 0.103. The first-order valence-electron chi connectivity index (χ1n) is 7.28. The molecular formula is C17H12N3O3S-. The minimum Gasteiger partial charge on any atom is -0.733 e. The Balaban J connectivity index is 1.81. The van der Waals surface area contributed by atoms with E-state index in [0.717, 1.165) is 16.8 Å². The summed E-state index contributed by atoms with van der Waals surface area (Å²) >= 11 is 5.28. The zero-order chi connectivity index (χ0) is 16.8. The lowest BCUT2D eigenvalue weighted by atomic mass is 9.94. The highest BCUT2D eigenvalue weighted by Gasteiger charge is 2.38. The van der Waals surface area contributed by atoms with Crippen molar-refractivity contribution in [1.82, 2.24) is 10.6 Å². The molecule has 0 fully saturated rings. The van der Waals surface area contributed by atoms with Gasteiger partial charge >= 0.3 is 0 Å². The number of Topliss-reactive ketones (excluding diaryl/α,β-unsaturated/α-hetero) is 1. The summed E-state index contributed by atoms with van der Waals surface area (Å²) in [5.74, 6) is -0.0511. The van der Waals surface area contributed by atoms with Crippen LogP contribution < -0.4 is 15.9 Å². The number of hydrogen-bond acceptors (Lipinski definition) is 5. The maximum absolute atomic E-state index is 12.8. The highest BCUT2D eigenvalue weighted by Crippen LogP contribution is 2.40. The number of carbonyl (C=O) groups is 1. The molecule has 1 aliphatic carbocycles. The maximum Gasteiger partial charge on any atom is 0.194 e. The molecule has 4 rings (SSSR count). The number of thiocarbonyl (C=S) groups is 1. The van der Waals surface area contributed by atoms with E-state index < -0.39 is 6.04 Å². The quantitative estimate of drug-likeness (QED) is 0.573. The number of nitrogens with zero attached hydrogens (tertiary/aromatic N) is 1. The molecular weight excluding hydrogens is 326 g/mol. The average molecular weight is 338 g/mol. The van der Waals surface area contributed by atoms with Gasteiger partial charge in [-0.3, -0.25) is 10.0 Å². The van der Waals surface area contributed by atoms with Crippen molar-refractivity contribution in [2.24, 2.45) is 0 Å². The Morgan fingerprint density at radius 3 is 2.42 bits per heavy atom. The van der Waals surface area contributed by atoms with Crippen LogP contribution in [-0.4, -0.2) is 16.1 Å². The molecule has 7 heteroatoms. The van der Waals surface area contributed by atoms with Crippen LogP contribution >= 0.6 is 12.2 Å². The summed E-state index contributed by atoms with van der Waals surface area (Å²) in [5.41, 5.74) is 3.69. The highest BCUT2D eigenvalue weighted by atomic mass is 32.1. The van der Waals surface area contributed by atoms with Crippen molar-refractivity contribution in [3.05, 3.63) is 76.0 Å². The van der Waals surface area contributed by atoms with E-state index in [1.165, 1.54) is 12.1 Å². The van der Waals surface area contributed by atoms with Crippen molar-refractivity contribution in [2.45, 2.75) is 6.04 Å². The van der Waals surface area contributed by atoms with Gasteiger partial charge in [-0.25, -0.2) is 0 Å². The second-order valence-electron chi connectivity index (χ2n) is 5.56. The van der Waals surface area contributed by atoms with E-state index in [4.69, 9.17) is 17.4 Å². The number of ketones is 1. The first kappa shape index (κ1) is 14.8. The molecule has 2 aromatic rings. The average Bonchev–Trinajstić information content (AvgIpc) is 2.87. The first-order valence-corrected chi connectivity index (χ1v) is 7.69. The molecule has 120 valence electrons. The summed E-state index contributed by atoms with van der Waals surface area (Å²) in [5, 5.41) is 26.3. The molecule has 1 heterocycles. The van der Waals surface area contributed by atoms with Gasteiger partial charge in [-0.2, -0.15) is 0 Å². The maximum atomic E-state index is 12.8. The predicted molar refractivity (Wildman–Crippen MR) is 93.4 cm³/mol. The van der Waals surface area contributed by atoms with Crippen LogP contribution in [0.25, 0.3) is 5.70 Å². The summed E-state index contributed by atoms with van der Waals surface area (Å²) in [6.45, 7) is 0. The Morgan fingerprint density at radius 2 is 1.75 bits per heavy atom. The minimum atomic E-state index is -0.415. The van der Waals surface area contributed by atoms with Crippen LogP contribution in [0, 0.1) is 5.21 Å². The van der Waals surface area contributed by atoms with E-state index in [-0.39, 0.29) is 16.7 Å². The van der Waals surface area contributed by atoms with E-state index in [0.29, 0.717) is 16.2 Å². The molecule has 1 aliphatic heterocycles. The fraction of sp³-hybridized carbons (Fsp3) is 0.0588. The monoisotopic (exact) mass is 338 g/mol. The van der Waals surface area contributed by atoms with Crippen LogP contribution in [0.5, 0.6) is 0 Å². The Kier molecular flexibility index (Phi) is 3.34.